The Hall–Kier alpha value is -0.930. The molecule has 0 heterocycles. The van der Waals surface area contributed by atoms with Crippen LogP contribution in [0.15, 0.2) is 30.3 Å². The van der Waals surface area contributed by atoms with Crippen LogP contribution in [-0.4, -0.2) is 11.1 Å². The molecular weight excluding hydrogens is 342 g/mol. The molecule has 2 aromatic carbocycles. The van der Waals surface area contributed by atoms with Gasteiger partial charge >= 0.3 is 5.97 Å². The molecule has 104 valence electrons. The van der Waals surface area contributed by atoms with Crippen LogP contribution in [0.3, 0.4) is 0 Å². The first kappa shape index (κ1) is 15.5. The Labute approximate surface area is 135 Å². The summed E-state index contributed by atoms with van der Waals surface area (Å²) in [5, 5.41) is 10.4. The first-order valence-electron chi connectivity index (χ1n) is 5.54. The summed E-state index contributed by atoms with van der Waals surface area (Å²) in [6.07, 6.45) is -0.218. The molecule has 0 atom stereocenters. The largest absolute Gasteiger partial charge is 0.481 e. The van der Waals surface area contributed by atoms with Crippen molar-refractivity contribution in [3.05, 3.63) is 56.0 Å². The molecule has 0 saturated carbocycles. The minimum absolute atomic E-state index is 0.218. The Bertz CT molecular complexity index is 660. The molecule has 2 rings (SSSR count). The van der Waals surface area contributed by atoms with E-state index in [-0.39, 0.29) is 6.42 Å². The van der Waals surface area contributed by atoms with Crippen molar-refractivity contribution in [2.24, 2.45) is 0 Å². The van der Waals surface area contributed by atoms with Gasteiger partial charge < -0.3 is 5.11 Å². The smallest absolute Gasteiger partial charge is 0.307 e. The predicted molar refractivity (Wildman–Crippen MR) is 83.3 cm³/mol. The standard InChI is InChI=1S/C14H8Cl4O2/c15-7-4-11(17)14(12(18)5-7)8-2-1-3-10(16)9(8)6-13(19)20/h1-5H,6H2,(H,19,20). The minimum Gasteiger partial charge on any atom is -0.481 e. The first-order valence-corrected chi connectivity index (χ1v) is 7.05. The zero-order chi connectivity index (χ0) is 14.9. The SMILES string of the molecule is O=C(O)Cc1c(Cl)cccc1-c1c(Cl)cc(Cl)cc1Cl. The highest BCUT2D eigenvalue weighted by Crippen LogP contribution is 2.40. The second kappa shape index (κ2) is 6.23. The van der Waals surface area contributed by atoms with E-state index >= 15 is 0 Å². The van der Waals surface area contributed by atoms with Crippen LogP contribution >= 0.6 is 46.4 Å². The van der Waals surface area contributed by atoms with E-state index in [0.717, 1.165) is 0 Å². The molecule has 0 radical (unpaired) electrons. The van der Waals surface area contributed by atoms with Gasteiger partial charge in [0.2, 0.25) is 0 Å². The summed E-state index contributed by atoms with van der Waals surface area (Å²) in [6, 6.07) is 8.17. The van der Waals surface area contributed by atoms with Crippen LogP contribution in [0.5, 0.6) is 0 Å². The van der Waals surface area contributed by atoms with Crippen molar-refractivity contribution < 1.29 is 9.90 Å². The zero-order valence-corrected chi connectivity index (χ0v) is 13.0. The molecule has 0 spiro atoms. The summed E-state index contributed by atoms with van der Waals surface area (Å²) < 4.78 is 0. The van der Waals surface area contributed by atoms with Crippen LogP contribution in [0.1, 0.15) is 5.56 Å². The van der Waals surface area contributed by atoms with Crippen molar-refractivity contribution in [2.45, 2.75) is 6.42 Å². The fraction of sp³-hybridized carbons (Fsp3) is 0.0714. The molecule has 0 aliphatic heterocycles. The lowest BCUT2D eigenvalue weighted by Crippen LogP contribution is -2.03. The topological polar surface area (TPSA) is 37.3 Å². The quantitative estimate of drug-likeness (QED) is 0.783. The molecule has 1 N–H and O–H groups in total. The Morgan fingerprint density at radius 3 is 2.15 bits per heavy atom. The van der Waals surface area contributed by atoms with Crippen molar-refractivity contribution in [1.29, 1.82) is 0 Å². The molecule has 2 aromatic rings. The lowest BCUT2D eigenvalue weighted by Gasteiger charge is -2.13. The summed E-state index contributed by atoms with van der Waals surface area (Å²) in [6.45, 7) is 0. The lowest BCUT2D eigenvalue weighted by molar-refractivity contribution is -0.136. The van der Waals surface area contributed by atoms with E-state index < -0.39 is 5.97 Å². The minimum atomic E-state index is -0.986. The molecule has 6 heteroatoms. The van der Waals surface area contributed by atoms with E-state index in [1.54, 1.807) is 30.3 Å². The Morgan fingerprint density at radius 1 is 1.00 bits per heavy atom. The molecule has 2 nitrogen and oxygen atoms in total. The van der Waals surface area contributed by atoms with Crippen LogP contribution in [0.2, 0.25) is 20.1 Å². The molecule has 0 unspecified atom stereocenters. The molecule has 0 aliphatic rings. The first-order chi connectivity index (χ1) is 9.40. The molecule has 0 amide bonds. The van der Waals surface area contributed by atoms with E-state index in [1.165, 1.54) is 0 Å². The van der Waals surface area contributed by atoms with Gasteiger partial charge in [0.1, 0.15) is 0 Å². The van der Waals surface area contributed by atoms with Gasteiger partial charge in [-0.15, -0.1) is 0 Å². The number of carbonyl (C=O) groups is 1. The summed E-state index contributed by atoms with van der Waals surface area (Å²) in [5.74, 6) is -0.986. The van der Waals surface area contributed by atoms with Crippen molar-refractivity contribution in [3.8, 4) is 11.1 Å². The van der Waals surface area contributed by atoms with E-state index in [2.05, 4.69) is 0 Å². The monoisotopic (exact) mass is 348 g/mol. The van der Waals surface area contributed by atoms with Crippen LogP contribution < -0.4 is 0 Å². The summed E-state index contributed by atoms with van der Waals surface area (Å²) in [4.78, 5) is 11.0. The van der Waals surface area contributed by atoms with Gasteiger partial charge in [-0.25, -0.2) is 0 Å². The Kier molecular flexibility index (Phi) is 4.82. The molecule has 0 bridgehead atoms. The number of benzene rings is 2. The van der Waals surface area contributed by atoms with Crippen molar-refractivity contribution >= 4 is 52.4 Å². The predicted octanol–water partition coefficient (Wildman–Crippen LogP) is 5.59. The zero-order valence-electron chi connectivity index (χ0n) is 9.96. The van der Waals surface area contributed by atoms with Gasteiger partial charge in [0, 0.05) is 15.6 Å². The molecule has 0 saturated heterocycles. The highest BCUT2D eigenvalue weighted by atomic mass is 35.5. The Morgan fingerprint density at radius 2 is 1.60 bits per heavy atom. The lowest BCUT2D eigenvalue weighted by atomic mass is 9.97. The van der Waals surface area contributed by atoms with E-state index in [9.17, 15) is 4.79 Å². The third-order valence-electron chi connectivity index (χ3n) is 2.72. The van der Waals surface area contributed by atoms with Crippen molar-refractivity contribution in [3.63, 3.8) is 0 Å². The van der Waals surface area contributed by atoms with E-state index in [4.69, 9.17) is 51.5 Å². The number of carboxylic acids is 1. The van der Waals surface area contributed by atoms with Crippen LogP contribution in [-0.2, 0) is 11.2 Å². The number of aliphatic carboxylic acids is 1. The highest BCUT2D eigenvalue weighted by Gasteiger charge is 2.17. The average molecular weight is 350 g/mol. The second-order valence-electron chi connectivity index (χ2n) is 4.08. The maximum atomic E-state index is 11.0. The number of rotatable bonds is 3. The van der Waals surface area contributed by atoms with Gasteiger partial charge in [-0.1, -0.05) is 58.5 Å². The summed E-state index contributed by atoms with van der Waals surface area (Å²) >= 11 is 24.3. The molecule has 0 aromatic heterocycles. The maximum Gasteiger partial charge on any atom is 0.307 e. The third kappa shape index (κ3) is 3.21. The number of hydrogen-bond donors (Lipinski definition) is 1. The van der Waals surface area contributed by atoms with E-state index in [1.807, 2.05) is 0 Å². The highest BCUT2D eigenvalue weighted by molar-refractivity contribution is 6.42. The maximum absolute atomic E-state index is 11.0. The average Bonchev–Trinajstić information content (AvgIpc) is 2.31. The van der Waals surface area contributed by atoms with Gasteiger partial charge in [0.25, 0.3) is 0 Å². The number of halogens is 4. The summed E-state index contributed by atoms with van der Waals surface area (Å²) in [7, 11) is 0. The molecule has 0 aliphatic carbocycles. The Balaban J connectivity index is 2.70. The van der Waals surface area contributed by atoms with Crippen LogP contribution in [0.4, 0.5) is 0 Å². The van der Waals surface area contributed by atoms with E-state index in [0.29, 0.717) is 36.8 Å². The second-order valence-corrected chi connectivity index (χ2v) is 5.74. The number of hydrogen-bond acceptors (Lipinski definition) is 1. The van der Waals surface area contributed by atoms with Gasteiger partial charge in [-0.05, 0) is 29.3 Å². The fourth-order valence-electron chi connectivity index (χ4n) is 1.92. The molecule has 20 heavy (non-hydrogen) atoms. The number of carboxylic acid groups (broad SMARTS) is 1. The van der Waals surface area contributed by atoms with Gasteiger partial charge in [-0.3, -0.25) is 4.79 Å². The normalized spacial score (nSPS) is 10.6. The third-order valence-corrected chi connectivity index (χ3v) is 3.89. The van der Waals surface area contributed by atoms with Crippen LogP contribution in [0, 0.1) is 0 Å². The van der Waals surface area contributed by atoms with Crippen molar-refractivity contribution in [1.82, 2.24) is 0 Å². The van der Waals surface area contributed by atoms with Gasteiger partial charge in [0.15, 0.2) is 0 Å². The molecular formula is C14H8Cl4O2. The molecule has 0 fully saturated rings. The van der Waals surface area contributed by atoms with Crippen molar-refractivity contribution in [2.75, 3.05) is 0 Å². The van der Waals surface area contributed by atoms with Crippen LogP contribution in [0.25, 0.3) is 11.1 Å². The van der Waals surface area contributed by atoms with Gasteiger partial charge in [0.05, 0.1) is 16.5 Å². The summed E-state index contributed by atoms with van der Waals surface area (Å²) in [5.41, 5.74) is 1.58. The van der Waals surface area contributed by atoms with Gasteiger partial charge in [-0.2, -0.15) is 0 Å². The fourth-order valence-corrected chi connectivity index (χ4v) is 3.19.